The zero-order valence-electron chi connectivity index (χ0n) is 14.3. The smallest absolute Gasteiger partial charge is 0.230 e. The average molecular weight is 391 g/mol. The summed E-state index contributed by atoms with van der Waals surface area (Å²) in [6, 6.07) is 11.3. The molecule has 0 saturated carbocycles. The van der Waals surface area contributed by atoms with Crippen LogP contribution in [0.4, 0.5) is 0 Å². The minimum atomic E-state index is -0.0332. The van der Waals surface area contributed by atoms with E-state index in [0.717, 1.165) is 12.0 Å². The third-order valence-corrected chi connectivity index (χ3v) is 4.97. The molecule has 0 fully saturated rings. The first-order chi connectivity index (χ1) is 12.7. The second-order valence-electron chi connectivity index (χ2n) is 5.54. The molecule has 0 unspecified atom stereocenters. The normalized spacial score (nSPS) is 10.8. The Bertz CT molecular complexity index is 847. The molecule has 26 heavy (non-hydrogen) atoms. The lowest BCUT2D eigenvalue weighted by molar-refractivity contribution is -0.118. The number of thioether (sulfide) groups is 1. The van der Waals surface area contributed by atoms with E-state index in [0.29, 0.717) is 34.9 Å². The fraction of sp³-hybridized carbons (Fsp3) is 0.278. The lowest BCUT2D eigenvalue weighted by Gasteiger charge is -2.07. The number of halogens is 1. The number of nitrogens with zero attached hydrogens (tertiary/aromatic N) is 3. The van der Waals surface area contributed by atoms with Crippen molar-refractivity contribution < 1.29 is 9.21 Å². The van der Waals surface area contributed by atoms with Crippen molar-refractivity contribution in [1.82, 2.24) is 20.1 Å². The summed E-state index contributed by atoms with van der Waals surface area (Å²) in [6.07, 6.45) is 2.37. The molecule has 2 aromatic heterocycles. The number of benzene rings is 1. The van der Waals surface area contributed by atoms with Gasteiger partial charge in [-0.25, -0.2) is 0 Å². The summed E-state index contributed by atoms with van der Waals surface area (Å²) >= 11 is 7.23. The molecule has 3 aromatic rings. The first kappa shape index (κ1) is 18.5. The Labute approximate surface area is 160 Å². The van der Waals surface area contributed by atoms with Gasteiger partial charge in [-0.3, -0.25) is 9.36 Å². The van der Waals surface area contributed by atoms with E-state index in [1.54, 1.807) is 6.26 Å². The zero-order chi connectivity index (χ0) is 18.4. The molecule has 0 aliphatic carbocycles. The summed E-state index contributed by atoms with van der Waals surface area (Å²) in [5.74, 6) is 1.59. The lowest BCUT2D eigenvalue weighted by Crippen LogP contribution is -2.27. The van der Waals surface area contributed by atoms with Gasteiger partial charge in [-0.15, -0.1) is 10.2 Å². The van der Waals surface area contributed by atoms with Crippen molar-refractivity contribution in [2.45, 2.75) is 25.0 Å². The number of nitrogens with one attached hydrogen (secondary N) is 1. The van der Waals surface area contributed by atoms with Gasteiger partial charge >= 0.3 is 0 Å². The van der Waals surface area contributed by atoms with Crippen LogP contribution in [0.5, 0.6) is 0 Å². The number of furan rings is 1. The number of carbonyl (C=O) groups is 1. The molecule has 0 aliphatic rings. The summed E-state index contributed by atoms with van der Waals surface area (Å²) < 4.78 is 7.32. The van der Waals surface area contributed by atoms with Crippen molar-refractivity contribution in [1.29, 1.82) is 0 Å². The molecular formula is C18H19ClN4O2S. The fourth-order valence-corrected chi connectivity index (χ4v) is 3.41. The van der Waals surface area contributed by atoms with Gasteiger partial charge in [0.15, 0.2) is 16.7 Å². The highest BCUT2D eigenvalue weighted by Gasteiger charge is 2.16. The first-order valence-electron chi connectivity index (χ1n) is 8.28. The van der Waals surface area contributed by atoms with Gasteiger partial charge < -0.3 is 9.73 Å². The van der Waals surface area contributed by atoms with E-state index in [2.05, 4.69) is 15.5 Å². The molecular weight excluding hydrogens is 372 g/mol. The number of amides is 1. The molecule has 6 nitrogen and oxygen atoms in total. The van der Waals surface area contributed by atoms with Gasteiger partial charge in [0.1, 0.15) is 0 Å². The van der Waals surface area contributed by atoms with E-state index >= 15 is 0 Å². The maximum Gasteiger partial charge on any atom is 0.230 e. The van der Waals surface area contributed by atoms with Crippen molar-refractivity contribution in [3.8, 4) is 11.6 Å². The number of hydrogen-bond donors (Lipinski definition) is 1. The topological polar surface area (TPSA) is 73.0 Å². The number of hydrogen-bond acceptors (Lipinski definition) is 5. The molecule has 2 heterocycles. The highest BCUT2D eigenvalue weighted by Crippen LogP contribution is 2.24. The van der Waals surface area contributed by atoms with Crippen molar-refractivity contribution >= 4 is 29.3 Å². The Morgan fingerprint density at radius 1 is 1.27 bits per heavy atom. The SMILES string of the molecule is CCn1c(SCC(=O)NCCc2ccc(Cl)cc2)nnc1-c1ccco1. The Morgan fingerprint density at radius 2 is 2.08 bits per heavy atom. The number of rotatable bonds is 8. The van der Waals surface area contributed by atoms with Crippen LogP contribution >= 0.6 is 23.4 Å². The van der Waals surface area contributed by atoms with E-state index in [1.807, 2.05) is 47.9 Å². The van der Waals surface area contributed by atoms with Crippen LogP contribution in [0.2, 0.25) is 5.02 Å². The average Bonchev–Trinajstić information content (AvgIpc) is 3.30. The molecule has 0 saturated heterocycles. The summed E-state index contributed by atoms with van der Waals surface area (Å²) in [5, 5.41) is 12.7. The third-order valence-electron chi connectivity index (χ3n) is 3.76. The quantitative estimate of drug-likeness (QED) is 0.594. The van der Waals surface area contributed by atoms with Gasteiger partial charge in [-0.1, -0.05) is 35.5 Å². The standard InChI is InChI=1S/C18H19ClN4O2S/c1-2-23-17(15-4-3-11-25-15)21-22-18(23)26-12-16(24)20-10-9-13-5-7-14(19)8-6-13/h3-8,11H,2,9-10,12H2,1H3,(H,20,24). The summed E-state index contributed by atoms with van der Waals surface area (Å²) in [5.41, 5.74) is 1.14. The van der Waals surface area contributed by atoms with Crippen LogP contribution in [0.3, 0.4) is 0 Å². The molecule has 0 bridgehead atoms. The van der Waals surface area contributed by atoms with Crippen LogP contribution in [0.25, 0.3) is 11.6 Å². The molecule has 1 aromatic carbocycles. The Kier molecular flexibility index (Phi) is 6.35. The second-order valence-corrected chi connectivity index (χ2v) is 6.92. The molecule has 0 aliphatic heterocycles. The number of carbonyl (C=O) groups excluding carboxylic acids is 1. The van der Waals surface area contributed by atoms with Gasteiger partial charge in [0.05, 0.1) is 12.0 Å². The van der Waals surface area contributed by atoms with Crippen molar-refractivity contribution in [2.75, 3.05) is 12.3 Å². The van der Waals surface area contributed by atoms with Crippen LogP contribution < -0.4 is 5.32 Å². The van der Waals surface area contributed by atoms with Crippen molar-refractivity contribution in [3.63, 3.8) is 0 Å². The van der Waals surface area contributed by atoms with Gasteiger partial charge in [-0.05, 0) is 43.2 Å². The van der Waals surface area contributed by atoms with Gasteiger partial charge in [0.2, 0.25) is 5.91 Å². The van der Waals surface area contributed by atoms with E-state index in [9.17, 15) is 4.79 Å². The molecule has 0 spiro atoms. The van der Waals surface area contributed by atoms with Crippen LogP contribution in [-0.4, -0.2) is 33.0 Å². The lowest BCUT2D eigenvalue weighted by atomic mass is 10.1. The van der Waals surface area contributed by atoms with Gasteiger partial charge in [0.25, 0.3) is 0 Å². The zero-order valence-corrected chi connectivity index (χ0v) is 15.9. The van der Waals surface area contributed by atoms with Crippen LogP contribution in [0.1, 0.15) is 12.5 Å². The molecule has 136 valence electrons. The first-order valence-corrected chi connectivity index (χ1v) is 9.64. The molecule has 8 heteroatoms. The van der Waals surface area contributed by atoms with Crippen LogP contribution in [-0.2, 0) is 17.8 Å². The molecule has 3 rings (SSSR count). The largest absolute Gasteiger partial charge is 0.461 e. The minimum Gasteiger partial charge on any atom is -0.461 e. The van der Waals surface area contributed by atoms with E-state index in [1.165, 1.54) is 11.8 Å². The highest BCUT2D eigenvalue weighted by molar-refractivity contribution is 7.99. The second kappa shape index (κ2) is 8.91. The van der Waals surface area contributed by atoms with Crippen molar-refractivity contribution in [2.24, 2.45) is 0 Å². The number of aromatic nitrogens is 3. The summed E-state index contributed by atoms with van der Waals surface area (Å²) in [4.78, 5) is 12.1. The Morgan fingerprint density at radius 3 is 2.77 bits per heavy atom. The van der Waals surface area contributed by atoms with E-state index < -0.39 is 0 Å². The molecule has 0 radical (unpaired) electrons. The summed E-state index contributed by atoms with van der Waals surface area (Å²) in [6.45, 7) is 3.29. The van der Waals surface area contributed by atoms with Gasteiger partial charge in [0, 0.05) is 18.1 Å². The van der Waals surface area contributed by atoms with E-state index in [-0.39, 0.29) is 11.7 Å². The third kappa shape index (κ3) is 4.68. The van der Waals surface area contributed by atoms with Crippen molar-refractivity contribution in [3.05, 3.63) is 53.2 Å². The maximum absolute atomic E-state index is 12.1. The maximum atomic E-state index is 12.1. The highest BCUT2D eigenvalue weighted by atomic mass is 35.5. The Hall–Kier alpha value is -2.25. The monoisotopic (exact) mass is 390 g/mol. The molecule has 0 atom stereocenters. The van der Waals surface area contributed by atoms with Crippen LogP contribution in [0, 0.1) is 0 Å². The van der Waals surface area contributed by atoms with Gasteiger partial charge in [-0.2, -0.15) is 0 Å². The minimum absolute atomic E-state index is 0.0332. The molecule has 1 N–H and O–H groups in total. The predicted molar refractivity (Wildman–Crippen MR) is 102 cm³/mol. The predicted octanol–water partition coefficient (Wildman–Crippen LogP) is 3.66. The molecule has 1 amide bonds. The fourth-order valence-electron chi connectivity index (χ4n) is 2.45. The van der Waals surface area contributed by atoms with Crippen LogP contribution in [0.15, 0.2) is 52.2 Å². The van der Waals surface area contributed by atoms with E-state index in [4.69, 9.17) is 16.0 Å². The summed E-state index contributed by atoms with van der Waals surface area (Å²) in [7, 11) is 0. The Balaban J connectivity index is 1.49.